The topological polar surface area (TPSA) is 64.3 Å². The van der Waals surface area contributed by atoms with E-state index in [1.54, 1.807) is 12.1 Å². The maximum Gasteiger partial charge on any atom is 0.251 e. The van der Waals surface area contributed by atoms with Crippen molar-refractivity contribution in [2.75, 3.05) is 13.2 Å². The second-order valence-corrected chi connectivity index (χ2v) is 6.08. The molecule has 0 spiro atoms. The number of nitrogens with one attached hydrogen (secondary N) is 1. The fourth-order valence-corrected chi connectivity index (χ4v) is 2.88. The number of hydrogen-bond donors (Lipinski definition) is 2. The number of benzene rings is 1. The predicted octanol–water partition coefficient (Wildman–Crippen LogP) is 2.72. The van der Waals surface area contributed by atoms with Gasteiger partial charge in [0.05, 0.1) is 12.1 Å². The first-order valence-corrected chi connectivity index (χ1v) is 7.84. The van der Waals surface area contributed by atoms with Crippen LogP contribution in [0.1, 0.15) is 49.9 Å². The predicted molar refractivity (Wildman–Crippen MR) is 84.5 cm³/mol. The Labute approximate surface area is 127 Å². The van der Waals surface area contributed by atoms with Crippen molar-refractivity contribution in [2.45, 2.75) is 45.1 Å². The zero-order valence-electron chi connectivity index (χ0n) is 13.0. The van der Waals surface area contributed by atoms with Crippen LogP contribution >= 0.6 is 0 Å². The minimum Gasteiger partial charge on any atom is -0.494 e. The first kappa shape index (κ1) is 15.8. The summed E-state index contributed by atoms with van der Waals surface area (Å²) in [6, 6.07) is 7.26. The maximum absolute atomic E-state index is 12.4. The minimum atomic E-state index is -0.234. The number of nitrogens with two attached hydrogens (primary N) is 1. The average molecular weight is 290 g/mol. The largest absolute Gasteiger partial charge is 0.494 e. The van der Waals surface area contributed by atoms with Gasteiger partial charge in [0.25, 0.3) is 5.91 Å². The van der Waals surface area contributed by atoms with Crippen LogP contribution in [0.4, 0.5) is 0 Å². The van der Waals surface area contributed by atoms with E-state index < -0.39 is 0 Å². The average Bonchev–Trinajstić information content (AvgIpc) is 2.51. The van der Waals surface area contributed by atoms with Gasteiger partial charge in [0.2, 0.25) is 0 Å². The van der Waals surface area contributed by atoms with Gasteiger partial charge >= 0.3 is 0 Å². The zero-order valence-corrected chi connectivity index (χ0v) is 13.0. The third-order valence-electron chi connectivity index (χ3n) is 4.43. The van der Waals surface area contributed by atoms with Crippen molar-refractivity contribution in [1.29, 1.82) is 0 Å². The van der Waals surface area contributed by atoms with E-state index in [1.165, 1.54) is 0 Å². The van der Waals surface area contributed by atoms with Crippen molar-refractivity contribution in [3.63, 3.8) is 0 Å². The van der Waals surface area contributed by atoms with Crippen LogP contribution in [0, 0.1) is 5.92 Å². The van der Waals surface area contributed by atoms with E-state index in [9.17, 15) is 4.79 Å². The lowest BCUT2D eigenvalue weighted by atomic mass is 9.77. The summed E-state index contributed by atoms with van der Waals surface area (Å²) in [6.45, 7) is 5.33. The molecule has 21 heavy (non-hydrogen) atoms. The Morgan fingerprint density at radius 2 is 1.95 bits per heavy atom. The fourth-order valence-electron chi connectivity index (χ4n) is 2.88. The molecule has 1 aromatic rings. The second-order valence-electron chi connectivity index (χ2n) is 6.08. The number of carbonyl (C=O) groups excluding carboxylic acids is 1. The fraction of sp³-hybridized carbons (Fsp3) is 0.588. The summed E-state index contributed by atoms with van der Waals surface area (Å²) in [5.41, 5.74) is 6.36. The molecule has 1 saturated carbocycles. The molecule has 2 rings (SSSR count). The quantitative estimate of drug-likeness (QED) is 0.876. The number of rotatable bonds is 5. The van der Waals surface area contributed by atoms with Crippen LogP contribution in [-0.4, -0.2) is 24.6 Å². The zero-order chi connectivity index (χ0) is 15.3. The van der Waals surface area contributed by atoms with Crippen molar-refractivity contribution in [2.24, 2.45) is 11.7 Å². The van der Waals surface area contributed by atoms with Crippen LogP contribution in [0.2, 0.25) is 0 Å². The van der Waals surface area contributed by atoms with Gasteiger partial charge in [-0.15, -0.1) is 0 Å². The summed E-state index contributed by atoms with van der Waals surface area (Å²) in [5.74, 6) is 1.47. The van der Waals surface area contributed by atoms with Gasteiger partial charge in [0, 0.05) is 12.1 Å². The molecule has 4 heteroatoms. The van der Waals surface area contributed by atoms with Crippen LogP contribution in [0.15, 0.2) is 24.3 Å². The van der Waals surface area contributed by atoms with Gasteiger partial charge in [0.1, 0.15) is 5.75 Å². The highest BCUT2D eigenvalue weighted by Crippen LogP contribution is 2.31. The molecule has 116 valence electrons. The summed E-state index contributed by atoms with van der Waals surface area (Å²) in [6.07, 6.45) is 4.18. The summed E-state index contributed by atoms with van der Waals surface area (Å²) in [7, 11) is 0. The molecular formula is C17H26N2O2. The molecule has 0 bridgehead atoms. The number of carbonyl (C=O) groups is 1. The van der Waals surface area contributed by atoms with Gasteiger partial charge in [-0.1, -0.05) is 6.92 Å². The Morgan fingerprint density at radius 3 is 2.48 bits per heavy atom. The standard InChI is InChI=1S/C17H26N2O2/c1-3-21-15-6-4-14(5-7-15)16(20)19-17(12-18)10-8-13(2)9-11-17/h4-7,13H,3,8-12,18H2,1-2H3,(H,19,20). The van der Waals surface area contributed by atoms with Gasteiger partial charge in [0.15, 0.2) is 0 Å². The molecule has 1 amide bonds. The SMILES string of the molecule is CCOc1ccc(C(=O)NC2(CN)CCC(C)CC2)cc1. The van der Waals surface area contributed by atoms with Crippen LogP contribution in [0.25, 0.3) is 0 Å². The van der Waals surface area contributed by atoms with E-state index in [1.807, 2.05) is 19.1 Å². The first-order valence-electron chi connectivity index (χ1n) is 7.84. The normalized spacial score (nSPS) is 25.4. The maximum atomic E-state index is 12.4. The van der Waals surface area contributed by atoms with Crippen molar-refractivity contribution in [3.05, 3.63) is 29.8 Å². The molecule has 1 aromatic carbocycles. The van der Waals surface area contributed by atoms with Crippen molar-refractivity contribution < 1.29 is 9.53 Å². The number of ether oxygens (including phenoxy) is 1. The van der Waals surface area contributed by atoms with Gasteiger partial charge in [-0.3, -0.25) is 4.79 Å². The number of hydrogen-bond acceptors (Lipinski definition) is 3. The molecule has 0 heterocycles. The van der Waals surface area contributed by atoms with E-state index in [-0.39, 0.29) is 11.4 Å². The lowest BCUT2D eigenvalue weighted by Crippen LogP contribution is -2.55. The Morgan fingerprint density at radius 1 is 1.33 bits per heavy atom. The molecule has 1 fully saturated rings. The highest BCUT2D eigenvalue weighted by atomic mass is 16.5. The monoisotopic (exact) mass is 290 g/mol. The molecule has 4 nitrogen and oxygen atoms in total. The highest BCUT2D eigenvalue weighted by Gasteiger charge is 2.34. The molecule has 0 saturated heterocycles. The molecule has 0 radical (unpaired) electrons. The molecular weight excluding hydrogens is 264 g/mol. The molecule has 0 atom stereocenters. The smallest absolute Gasteiger partial charge is 0.251 e. The van der Waals surface area contributed by atoms with E-state index >= 15 is 0 Å². The number of amides is 1. The van der Waals surface area contributed by atoms with Crippen molar-refractivity contribution in [3.8, 4) is 5.75 Å². The Bertz CT molecular complexity index is 462. The van der Waals surface area contributed by atoms with Gasteiger partial charge in [-0.25, -0.2) is 0 Å². The summed E-state index contributed by atoms with van der Waals surface area (Å²) >= 11 is 0. The minimum absolute atomic E-state index is 0.0435. The second kappa shape index (κ2) is 6.94. The Balaban J connectivity index is 2.02. The molecule has 1 aliphatic rings. The van der Waals surface area contributed by atoms with Crippen LogP contribution in [0.3, 0.4) is 0 Å². The first-order chi connectivity index (χ1) is 10.1. The van der Waals surface area contributed by atoms with Crippen LogP contribution in [-0.2, 0) is 0 Å². The third-order valence-corrected chi connectivity index (χ3v) is 4.43. The summed E-state index contributed by atoms with van der Waals surface area (Å²) < 4.78 is 5.39. The van der Waals surface area contributed by atoms with Crippen LogP contribution < -0.4 is 15.8 Å². The van der Waals surface area contributed by atoms with Gasteiger partial charge in [-0.2, -0.15) is 0 Å². The molecule has 0 aliphatic heterocycles. The van der Waals surface area contributed by atoms with E-state index in [0.29, 0.717) is 18.7 Å². The highest BCUT2D eigenvalue weighted by molar-refractivity contribution is 5.94. The van der Waals surface area contributed by atoms with Crippen LogP contribution in [0.5, 0.6) is 5.75 Å². The van der Waals surface area contributed by atoms with E-state index in [2.05, 4.69) is 12.2 Å². The van der Waals surface area contributed by atoms with Crippen molar-refractivity contribution in [1.82, 2.24) is 5.32 Å². The van der Waals surface area contributed by atoms with Gasteiger partial charge < -0.3 is 15.8 Å². The molecule has 0 aromatic heterocycles. The Kier molecular flexibility index (Phi) is 5.23. The van der Waals surface area contributed by atoms with Gasteiger partial charge in [-0.05, 0) is 62.8 Å². The Hall–Kier alpha value is -1.55. The lowest BCUT2D eigenvalue weighted by Gasteiger charge is -2.39. The molecule has 1 aliphatic carbocycles. The van der Waals surface area contributed by atoms with E-state index in [4.69, 9.17) is 10.5 Å². The summed E-state index contributed by atoms with van der Waals surface area (Å²) in [4.78, 5) is 12.4. The molecule has 0 unspecified atom stereocenters. The molecule has 3 N–H and O–H groups in total. The van der Waals surface area contributed by atoms with E-state index in [0.717, 1.165) is 37.4 Å². The lowest BCUT2D eigenvalue weighted by molar-refractivity contribution is 0.0860. The third kappa shape index (κ3) is 3.97. The van der Waals surface area contributed by atoms with Crippen molar-refractivity contribution >= 4 is 5.91 Å². The summed E-state index contributed by atoms with van der Waals surface area (Å²) in [5, 5.41) is 3.17.